The predicted octanol–water partition coefficient (Wildman–Crippen LogP) is 2.46. The fraction of sp³-hybridized carbons (Fsp3) is 0.417. The van der Waals surface area contributed by atoms with E-state index in [0.29, 0.717) is 0 Å². The Kier molecular flexibility index (Phi) is 2.65. The summed E-state index contributed by atoms with van der Waals surface area (Å²) in [4.78, 5) is 2.51. The molecule has 1 aliphatic heterocycles. The lowest BCUT2D eigenvalue weighted by molar-refractivity contribution is 0.331. The van der Waals surface area contributed by atoms with E-state index in [9.17, 15) is 0 Å². The quantitative estimate of drug-likeness (QED) is 0.665. The topological polar surface area (TPSA) is 3.24 Å². The monoisotopic (exact) mass is 174 g/mol. The summed E-state index contributed by atoms with van der Waals surface area (Å²) in [5.74, 6) is 0. The van der Waals surface area contributed by atoms with Crippen LogP contribution in [-0.2, 0) is 6.54 Å². The van der Waals surface area contributed by atoms with Crippen molar-refractivity contribution in [1.29, 1.82) is 0 Å². The van der Waals surface area contributed by atoms with Crippen molar-refractivity contribution in [2.75, 3.05) is 13.1 Å². The Morgan fingerprint density at radius 2 is 2.00 bits per heavy atom. The van der Waals surface area contributed by atoms with Gasteiger partial charge in [0.05, 0.1) is 0 Å². The van der Waals surface area contributed by atoms with Gasteiger partial charge in [0.1, 0.15) is 0 Å². The fourth-order valence-electron chi connectivity index (χ4n) is 1.93. The van der Waals surface area contributed by atoms with Crippen molar-refractivity contribution in [3.8, 4) is 0 Å². The number of hydrogen-bond donors (Lipinski definition) is 0. The summed E-state index contributed by atoms with van der Waals surface area (Å²) in [6.45, 7) is 7.57. The molecule has 1 aromatic rings. The first-order valence-corrected chi connectivity index (χ1v) is 4.98. The van der Waals surface area contributed by atoms with Gasteiger partial charge in [-0.15, -0.1) is 0 Å². The SMILES string of the molecule is [CH2]c1cccc(CN2CCCC2)c1. The smallest absolute Gasteiger partial charge is 0.0233 e. The van der Waals surface area contributed by atoms with Crippen LogP contribution >= 0.6 is 0 Å². The predicted molar refractivity (Wildman–Crippen MR) is 55.4 cm³/mol. The molecular formula is C12H16N. The molecule has 1 aromatic carbocycles. The summed E-state index contributed by atoms with van der Waals surface area (Å²) >= 11 is 0. The van der Waals surface area contributed by atoms with Crippen LogP contribution in [0.3, 0.4) is 0 Å². The van der Waals surface area contributed by atoms with Crippen LogP contribution in [0.2, 0.25) is 0 Å². The Morgan fingerprint density at radius 3 is 2.69 bits per heavy atom. The van der Waals surface area contributed by atoms with Crippen molar-refractivity contribution in [1.82, 2.24) is 4.90 Å². The molecule has 2 rings (SSSR count). The highest BCUT2D eigenvalue weighted by Crippen LogP contribution is 2.13. The van der Waals surface area contributed by atoms with E-state index >= 15 is 0 Å². The van der Waals surface area contributed by atoms with Gasteiger partial charge in [0.2, 0.25) is 0 Å². The molecule has 1 nitrogen and oxygen atoms in total. The normalized spacial score (nSPS) is 17.9. The highest BCUT2D eigenvalue weighted by Gasteiger charge is 2.11. The average molecular weight is 174 g/mol. The zero-order valence-corrected chi connectivity index (χ0v) is 8.00. The summed E-state index contributed by atoms with van der Waals surface area (Å²) in [7, 11) is 0. The number of hydrogen-bond acceptors (Lipinski definition) is 1. The van der Waals surface area contributed by atoms with E-state index in [2.05, 4.69) is 30.0 Å². The molecule has 0 spiro atoms. The second-order valence-electron chi connectivity index (χ2n) is 3.80. The lowest BCUT2D eigenvalue weighted by atomic mass is 10.1. The summed E-state index contributed by atoms with van der Waals surface area (Å²) in [6.07, 6.45) is 2.73. The number of benzene rings is 1. The molecule has 0 amide bonds. The summed E-state index contributed by atoms with van der Waals surface area (Å²) < 4.78 is 0. The third-order valence-electron chi connectivity index (χ3n) is 2.60. The molecule has 1 saturated heterocycles. The number of rotatable bonds is 2. The average Bonchev–Trinajstić information content (AvgIpc) is 2.57. The van der Waals surface area contributed by atoms with E-state index in [1.54, 1.807) is 0 Å². The van der Waals surface area contributed by atoms with E-state index in [-0.39, 0.29) is 0 Å². The Morgan fingerprint density at radius 1 is 1.23 bits per heavy atom. The molecule has 0 bridgehead atoms. The van der Waals surface area contributed by atoms with Crippen molar-refractivity contribution in [3.63, 3.8) is 0 Å². The molecule has 13 heavy (non-hydrogen) atoms. The van der Waals surface area contributed by atoms with E-state index in [0.717, 1.165) is 12.1 Å². The number of nitrogens with zero attached hydrogens (tertiary/aromatic N) is 1. The second kappa shape index (κ2) is 3.93. The van der Waals surface area contributed by atoms with Gasteiger partial charge in [0.25, 0.3) is 0 Å². The Labute approximate surface area is 80.4 Å². The molecule has 1 heteroatoms. The molecule has 1 fully saturated rings. The van der Waals surface area contributed by atoms with Crippen LogP contribution in [0, 0.1) is 6.92 Å². The Balaban J connectivity index is 2.00. The van der Waals surface area contributed by atoms with E-state index in [1.807, 2.05) is 6.07 Å². The van der Waals surface area contributed by atoms with E-state index in [1.165, 1.54) is 31.5 Å². The van der Waals surface area contributed by atoms with Gasteiger partial charge >= 0.3 is 0 Å². The molecule has 1 heterocycles. The maximum atomic E-state index is 3.94. The Bertz CT molecular complexity index is 274. The first kappa shape index (κ1) is 8.76. The zero-order chi connectivity index (χ0) is 9.10. The molecule has 1 radical (unpaired) electrons. The molecule has 0 aromatic heterocycles. The first-order chi connectivity index (χ1) is 6.34. The van der Waals surface area contributed by atoms with Gasteiger partial charge in [-0.1, -0.05) is 24.3 Å². The van der Waals surface area contributed by atoms with Crippen molar-refractivity contribution in [3.05, 3.63) is 42.3 Å². The minimum absolute atomic E-state index is 1.10. The summed E-state index contributed by atoms with van der Waals surface area (Å²) in [5.41, 5.74) is 2.52. The van der Waals surface area contributed by atoms with E-state index < -0.39 is 0 Å². The molecule has 0 N–H and O–H groups in total. The van der Waals surface area contributed by atoms with Crippen LogP contribution in [0.15, 0.2) is 24.3 Å². The molecule has 0 unspecified atom stereocenters. The van der Waals surface area contributed by atoms with Gasteiger partial charge < -0.3 is 0 Å². The van der Waals surface area contributed by atoms with Gasteiger partial charge in [-0.05, 0) is 44.0 Å². The molecule has 1 aliphatic rings. The van der Waals surface area contributed by atoms with Crippen LogP contribution in [-0.4, -0.2) is 18.0 Å². The van der Waals surface area contributed by atoms with Gasteiger partial charge in [-0.2, -0.15) is 0 Å². The fourth-order valence-corrected chi connectivity index (χ4v) is 1.93. The lowest BCUT2D eigenvalue weighted by Gasteiger charge is -2.14. The van der Waals surface area contributed by atoms with Crippen LogP contribution < -0.4 is 0 Å². The minimum Gasteiger partial charge on any atom is -0.299 e. The third kappa shape index (κ3) is 2.31. The first-order valence-electron chi connectivity index (χ1n) is 4.98. The van der Waals surface area contributed by atoms with Gasteiger partial charge in [-0.3, -0.25) is 4.90 Å². The third-order valence-corrected chi connectivity index (χ3v) is 2.60. The molecule has 69 valence electrons. The van der Waals surface area contributed by atoms with Crippen LogP contribution in [0.1, 0.15) is 24.0 Å². The highest BCUT2D eigenvalue weighted by atomic mass is 15.1. The maximum absolute atomic E-state index is 3.94. The van der Waals surface area contributed by atoms with Crippen LogP contribution in [0.4, 0.5) is 0 Å². The molecule has 0 atom stereocenters. The van der Waals surface area contributed by atoms with E-state index in [4.69, 9.17) is 0 Å². The number of likely N-dealkylation sites (tertiary alicyclic amines) is 1. The van der Waals surface area contributed by atoms with Gasteiger partial charge in [0, 0.05) is 6.54 Å². The zero-order valence-electron chi connectivity index (χ0n) is 8.00. The van der Waals surface area contributed by atoms with Crippen LogP contribution in [0.5, 0.6) is 0 Å². The summed E-state index contributed by atoms with van der Waals surface area (Å²) in [6, 6.07) is 8.51. The largest absolute Gasteiger partial charge is 0.299 e. The van der Waals surface area contributed by atoms with Gasteiger partial charge in [-0.25, -0.2) is 0 Å². The van der Waals surface area contributed by atoms with Crippen LogP contribution in [0.25, 0.3) is 0 Å². The maximum Gasteiger partial charge on any atom is 0.0233 e. The summed E-state index contributed by atoms with van der Waals surface area (Å²) in [5, 5.41) is 0. The van der Waals surface area contributed by atoms with Gasteiger partial charge in [0.15, 0.2) is 0 Å². The highest BCUT2D eigenvalue weighted by molar-refractivity contribution is 5.25. The second-order valence-corrected chi connectivity index (χ2v) is 3.80. The standard InChI is InChI=1S/C12H16N/c1-11-5-4-6-12(9-11)10-13-7-2-3-8-13/h4-6,9H,1-3,7-8,10H2. The molecule has 0 saturated carbocycles. The van der Waals surface area contributed by atoms with Crippen molar-refractivity contribution < 1.29 is 0 Å². The van der Waals surface area contributed by atoms with Crippen molar-refractivity contribution in [2.45, 2.75) is 19.4 Å². The molecular weight excluding hydrogens is 158 g/mol. The van der Waals surface area contributed by atoms with Crippen molar-refractivity contribution >= 4 is 0 Å². The molecule has 0 aliphatic carbocycles. The minimum atomic E-state index is 1.10. The lowest BCUT2D eigenvalue weighted by Crippen LogP contribution is -2.18. The Hall–Kier alpha value is -0.820. The van der Waals surface area contributed by atoms with Crippen molar-refractivity contribution in [2.24, 2.45) is 0 Å².